The molecule has 2 rings (SSSR count). The molecule has 0 amide bonds. The SMILES string of the molecule is COC(=O)c1ccc(CNc2cc(Br)ccc2F)[nH]1. The summed E-state index contributed by atoms with van der Waals surface area (Å²) in [5, 5.41) is 2.95. The Bertz CT molecular complexity index is 598. The summed E-state index contributed by atoms with van der Waals surface area (Å²) < 4.78 is 18.9. The van der Waals surface area contributed by atoms with Gasteiger partial charge in [-0.15, -0.1) is 0 Å². The summed E-state index contributed by atoms with van der Waals surface area (Å²) in [6, 6.07) is 8.03. The van der Waals surface area contributed by atoms with Crippen LogP contribution in [0.25, 0.3) is 0 Å². The number of hydrogen-bond donors (Lipinski definition) is 2. The molecule has 0 radical (unpaired) electrons. The van der Waals surface area contributed by atoms with E-state index in [2.05, 4.69) is 31.0 Å². The van der Waals surface area contributed by atoms with Gasteiger partial charge in [0.25, 0.3) is 0 Å². The van der Waals surface area contributed by atoms with Gasteiger partial charge in [-0.25, -0.2) is 9.18 Å². The van der Waals surface area contributed by atoms with Gasteiger partial charge in [0.15, 0.2) is 0 Å². The van der Waals surface area contributed by atoms with Gasteiger partial charge in [0.1, 0.15) is 11.5 Å². The first-order valence-electron chi connectivity index (χ1n) is 5.55. The highest BCUT2D eigenvalue weighted by Crippen LogP contribution is 2.20. The van der Waals surface area contributed by atoms with Crippen LogP contribution in [0, 0.1) is 5.82 Å². The lowest BCUT2D eigenvalue weighted by Crippen LogP contribution is -2.04. The Kier molecular flexibility index (Phi) is 4.21. The molecule has 2 N–H and O–H groups in total. The van der Waals surface area contributed by atoms with Crippen molar-refractivity contribution in [2.24, 2.45) is 0 Å². The number of carbonyl (C=O) groups is 1. The first-order chi connectivity index (χ1) is 9.10. The van der Waals surface area contributed by atoms with Crippen molar-refractivity contribution in [1.82, 2.24) is 4.98 Å². The van der Waals surface area contributed by atoms with Crippen LogP contribution in [0.2, 0.25) is 0 Å². The maximum atomic E-state index is 13.5. The van der Waals surface area contributed by atoms with Gasteiger partial charge in [-0.3, -0.25) is 0 Å². The van der Waals surface area contributed by atoms with Crippen LogP contribution in [0.1, 0.15) is 16.2 Å². The molecule has 0 unspecified atom stereocenters. The minimum Gasteiger partial charge on any atom is -0.464 e. The van der Waals surface area contributed by atoms with E-state index < -0.39 is 5.97 Å². The number of aromatic amines is 1. The second-order valence-electron chi connectivity index (χ2n) is 3.87. The van der Waals surface area contributed by atoms with Gasteiger partial charge in [-0.1, -0.05) is 15.9 Å². The summed E-state index contributed by atoms with van der Waals surface area (Å²) >= 11 is 3.28. The molecule has 0 saturated heterocycles. The molecule has 0 aliphatic heterocycles. The number of rotatable bonds is 4. The van der Waals surface area contributed by atoms with E-state index in [-0.39, 0.29) is 5.82 Å². The van der Waals surface area contributed by atoms with Crippen LogP contribution in [0.5, 0.6) is 0 Å². The van der Waals surface area contributed by atoms with E-state index in [1.54, 1.807) is 24.3 Å². The molecule has 100 valence electrons. The zero-order valence-corrected chi connectivity index (χ0v) is 11.8. The highest BCUT2D eigenvalue weighted by atomic mass is 79.9. The average molecular weight is 327 g/mol. The third kappa shape index (κ3) is 3.35. The van der Waals surface area contributed by atoms with Crippen molar-refractivity contribution >= 4 is 27.6 Å². The van der Waals surface area contributed by atoms with Crippen LogP contribution in [-0.2, 0) is 11.3 Å². The average Bonchev–Trinajstić information content (AvgIpc) is 2.88. The Labute approximate surface area is 118 Å². The first-order valence-corrected chi connectivity index (χ1v) is 6.34. The molecule has 0 fully saturated rings. The molecule has 0 atom stereocenters. The van der Waals surface area contributed by atoms with E-state index in [1.807, 2.05) is 0 Å². The van der Waals surface area contributed by atoms with Crippen molar-refractivity contribution in [3.05, 3.63) is 52.0 Å². The fourth-order valence-corrected chi connectivity index (χ4v) is 1.96. The topological polar surface area (TPSA) is 54.1 Å². The van der Waals surface area contributed by atoms with Crippen molar-refractivity contribution in [3.63, 3.8) is 0 Å². The zero-order valence-electron chi connectivity index (χ0n) is 10.2. The highest BCUT2D eigenvalue weighted by Gasteiger charge is 2.08. The summed E-state index contributed by atoms with van der Waals surface area (Å²) in [6.07, 6.45) is 0. The predicted octanol–water partition coefficient (Wildman–Crippen LogP) is 3.32. The number of aromatic nitrogens is 1. The van der Waals surface area contributed by atoms with Gasteiger partial charge < -0.3 is 15.0 Å². The van der Waals surface area contributed by atoms with Crippen LogP contribution < -0.4 is 5.32 Å². The van der Waals surface area contributed by atoms with E-state index >= 15 is 0 Å². The van der Waals surface area contributed by atoms with Gasteiger partial charge in [-0.05, 0) is 30.3 Å². The second kappa shape index (κ2) is 5.88. The van der Waals surface area contributed by atoms with Crippen LogP contribution in [-0.4, -0.2) is 18.1 Å². The van der Waals surface area contributed by atoms with E-state index in [4.69, 9.17) is 0 Å². The van der Waals surface area contributed by atoms with Gasteiger partial charge >= 0.3 is 5.97 Å². The zero-order chi connectivity index (χ0) is 13.8. The molecule has 1 aromatic carbocycles. The predicted molar refractivity (Wildman–Crippen MR) is 73.6 cm³/mol. The number of carbonyl (C=O) groups excluding carboxylic acids is 1. The highest BCUT2D eigenvalue weighted by molar-refractivity contribution is 9.10. The molecule has 6 heteroatoms. The van der Waals surface area contributed by atoms with E-state index in [9.17, 15) is 9.18 Å². The smallest absolute Gasteiger partial charge is 0.354 e. The third-order valence-corrected chi connectivity index (χ3v) is 3.04. The molecule has 0 aliphatic rings. The Morgan fingerprint density at radius 1 is 1.42 bits per heavy atom. The van der Waals surface area contributed by atoms with Crippen molar-refractivity contribution in [2.45, 2.75) is 6.54 Å². The van der Waals surface area contributed by atoms with Crippen LogP contribution in [0.4, 0.5) is 10.1 Å². The Hall–Kier alpha value is -1.82. The van der Waals surface area contributed by atoms with Crippen molar-refractivity contribution < 1.29 is 13.9 Å². The molecule has 2 aromatic rings. The number of hydrogen-bond acceptors (Lipinski definition) is 3. The maximum Gasteiger partial charge on any atom is 0.354 e. The van der Waals surface area contributed by atoms with E-state index in [0.717, 1.165) is 10.2 Å². The van der Waals surface area contributed by atoms with Crippen LogP contribution in [0.15, 0.2) is 34.8 Å². The quantitative estimate of drug-likeness (QED) is 0.847. The minimum atomic E-state index is -0.431. The molecule has 0 aliphatic carbocycles. The number of nitrogens with one attached hydrogen (secondary N) is 2. The van der Waals surface area contributed by atoms with E-state index in [1.165, 1.54) is 13.2 Å². The lowest BCUT2D eigenvalue weighted by Gasteiger charge is -2.06. The van der Waals surface area contributed by atoms with Crippen LogP contribution in [0.3, 0.4) is 0 Å². The molecule has 0 spiro atoms. The Morgan fingerprint density at radius 2 is 2.21 bits per heavy atom. The summed E-state index contributed by atoms with van der Waals surface area (Å²) in [6.45, 7) is 0.379. The molecule has 19 heavy (non-hydrogen) atoms. The fraction of sp³-hybridized carbons (Fsp3) is 0.154. The number of benzene rings is 1. The lowest BCUT2D eigenvalue weighted by molar-refractivity contribution is 0.0594. The molecular weight excluding hydrogens is 315 g/mol. The second-order valence-corrected chi connectivity index (χ2v) is 4.78. The van der Waals surface area contributed by atoms with Crippen molar-refractivity contribution in [1.29, 1.82) is 0 Å². The van der Waals surface area contributed by atoms with Gasteiger partial charge in [-0.2, -0.15) is 0 Å². The fourth-order valence-electron chi connectivity index (χ4n) is 1.60. The number of halogens is 2. The normalized spacial score (nSPS) is 10.3. The van der Waals surface area contributed by atoms with Gasteiger partial charge in [0.2, 0.25) is 0 Å². The number of ether oxygens (including phenoxy) is 1. The largest absolute Gasteiger partial charge is 0.464 e. The maximum absolute atomic E-state index is 13.5. The molecule has 0 saturated carbocycles. The monoisotopic (exact) mass is 326 g/mol. The summed E-state index contributed by atoms with van der Waals surface area (Å²) in [4.78, 5) is 14.2. The molecule has 1 aromatic heterocycles. The molecular formula is C13H12BrFN2O2. The molecule has 0 bridgehead atoms. The Balaban J connectivity index is 2.04. The van der Waals surface area contributed by atoms with Crippen molar-refractivity contribution in [2.75, 3.05) is 12.4 Å². The summed E-state index contributed by atoms with van der Waals surface area (Å²) in [7, 11) is 1.32. The van der Waals surface area contributed by atoms with E-state index in [0.29, 0.717) is 17.9 Å². The summed E-state index contributed by atoms with van der Waals surface area (Å²) in [5.74, 6) is -0.761. The standard InChI is InChI=1S/C13H12BrFN2O2/c1-19-13(18)11-5-3-9(17-11)7-16-12-6-8(14)2-4-10(12)15/h2-6,16-17H,7H2,1H3. The number of methoxy groups -OCH3 is 1. The van der Waals surface area contributed by atoms with Gasteiger partial charge in [0, 0.05) is 10.2 Å². The summed E-state index contributed by atoms with van der Waals surface area (Å²) in [5.41, 5.74) is 1.53. The van der Waals surface area contributed by atoms with Crippen molar-refractivity contribution in [3.8, 4) is 0 Å². The van der Waals surface area contributed by atoms with Crippen LogP contribution >= 0.6 is 15.9 Å². The first kappa shape index (κ1) is 13.6. The lowest BCUT2D eigenvalue weighted by atomic mass is 10.3. The Morgan fingerprint density at radius 3 is 2.95 bits per heavy atom. The minimum absolute atomic E-state index is 0.331. The number of anilines is 1. The third-order valence-electron chi connectivity index (χ3n) is 2.55. The molecule has 4 nitrogen and oxygen atoms in total. The number of esters is 1. The molecule has 1 heterocycles. The number of H-pyrrole nitrogens is 1. The van der Waals surface area contributed by atoms with Gasteiger partial charge in [0.05, 0.1) is 19.3 Å².